The van der Waals surface area contributed by atoms with Crippen molar-refractivity contribution in [1.29, 1.82) is 0 Å². The first kappa shape index (κ1) is 22.8. The Morgan fingerprint density at radius 1 is 1.14 bits per heavy atom. The van der Waals surface area contributed by atoms with E-state index in [2.05, 4.69) is 17.4 Å². The van der Waals surface area contributed by atoms with Crippen LogP contribution in [0.15, 0.2) is 30.3 Å². The van der Waals surface area contributed by atoms with E-state index in [0.29, 0.717) is 19.7 Å². The van der Waals surface area contributed by atoms with Crippen LogP contribution in [0.3, 0.4) is 0 Å². The Morgan fingerprint density at radius 2 is 1.86 bits per heavy atom. The number of hydrogen-bond donors (Lipinski definition) is 4. The number of aliphatic hydroxyl groups is 3. The van der Waals surface area contributed by atoms with Crippen LogP contribution >= 0.6 is 0 Å². The fourth-order valence-electron chi connectivity index (χ4n) is 3.69. The molecule has 0 aromatic heterocycles. The highest BCUT2D eigenvalue weighted by Gasteiger charge is 2.41. The number of likely N-dealkylation sites (tertiary alicyclic amines) is 1. The summed E-state index contributed by atoms with van der Waals surface area (Å²) in [6.07, 6.45) is 1.83. The predicted octanol–water partition coefficient (Wildman–Crippen LogP) is 0.667. The fourth-order valence-corrected chi connectivity index (χ4v) is 3.69. The zero-order chi connectivity index (χ0) is 20.4. The van der Waals surface area contributed by atoms with Crippen LogP contribution < -0.4 is 5.32 Å². The second-order valence-electron chi connectivity index (χ2n) is 7.49. The lowest BCUT2D eigenvalue weighted by Gasteiger charge is -2.45. The van der Waals surface area contributed by atoms with Gasteiger partial charge in [0, 0.05) is 20.1 Å². The van der Waals surface area contributed by atoms with Gasteiger partial charge in [0.15, 0.2) is 0 Å². The van der Waals surface area contributed by atoms with Crippen molar-refractivity contribution < 1.29 is 24.9 Å². The highest BCUT2D eigenvalue weighted by atomic mass is 16.5. The molecule has 1 fully saturated rings. The average molecular weight is 395 g/mol. The van der Waals surface area contributed by atoms with Gasteiger partial charge in [-0.05, 0) is 24.9 Å². The minimum Gasteiger partial charge on any atom is -0.395 e. The highest BCUT2D eigenvalue weighted by Crippen LogP contribution is 2.20. The maximum atomic E-state index is 11.3. The first-order valence-corrected chi connectivity index (χ1v) is 10.1. The molecule has 1 aliphatic rings. The Kier molecular flexibility index (Phi) is 9.87. The van der Waals surface area contributed by atoms with E-state index in [4.69, 9.17) is 4.74 Å². The van der Waals surface area contributed by atoms with Gasteiger partial charge in [0.2, 0.25) is 5.91 Å². The summed E-state index contributed by atoms with van der Waals surface area (Å²) in [5, 5.41) is 32.7. The zero-order valence-electron chi connectivity index (χ0n) is 16.7. The summed E-state index contributed by atoms with van der Waals surface area (Å²) >= 11 is 0. The van der Waals surface area contributed by atoms with Crippen molar-refractivity contribution in [3.63, 3.8) is 0 Å². The molecule has 1 saturated heterocycles. The molecule has 4 N–H and O–H groups in total. The summed E-state index contributed by atoms with van der Waals surface area (Å²) in [4.78, 5) is 13.3. The van der Waals surface area contributed by atoms with E-state index >= 15 is 0 Å². The van der Waals surface area contributed by atoms with Gasteiger partial charge in [0.05, 0.1) is 31.4 Å². The Hall–Kier alpha value is -1.51. The lowest BCUT2D eigenvalue weighted by molar-refractivity contribution is -0.128. The molecule has 7 heteroatoms. The lowest BCUT2D eigenvalue weighted by atomic mass is 9.92. The maximum absolute atomic E-state index is 11.3. The number of nitrogens with zero attached hydrogens (tertiary/aromatic N) is 1. The van der Waals surface area contributed by atoms with Gasteiger partial charge in [0.25, 0.3) is 0 Å². The Labute approximate surface area is 167 Å². The van der Waals surface area contributed by atoms with Crippen LogP contribution in [0.5, 0.6) is 0 Å². The Bertz CT molecular complexity index is 571. The predicted molar refractivity (Wildman–Crippen MR) is 107 cm³/mol. The molecule has 4 atom stereocenters. The fraction of sp³-hybridized carbons (Fsp3) is 0.667. The molecule has 0 unspecified atom stereocenters. The third-order valence-electron chi connectivity index (χ3n) is 5.23. The first-order chi connectivity index (χ1) is 13.5. The molecule has 0 radical (unpaired) electrons. The van der Waals surface area contributed by atoms with Gasteiger partial charge in [-0.3, -0.25) is 9.69 Å². The van der Waals surface area contributed by atoms with Gasteiger partial charge in [-0.15, -0.1) is 0 Å². The summed E-state index contributed by atoms with van der Waals surface area (Å²) in [5.41, 5.74) is 1.18. The van der Waals surface area contributed by atoms with Gasteiger partial charge in [-0.1, -0.05) is 43.2 Å². The number of carbonyl (C=O) groups excluding carboxylic acids is 1. The van der Waals surface area contributed by atoms with Crippen molar-refractivity contribution >= 4 is 5.91 Å². The lowest BCUT2D eigenvalue weighted by Crippen LogP contribution is -2.66. The Morgan fingerprint density at radius 3 is 2.54 bits per heavy atom. The SMILES string of the molecule is CC(=O)N[C@H]1CN(CCCCCCOCc2ccccc2)[C@@H](CO)[C@H](O)[C@@H]1O. The van der Waals surface area contributed by atoms with Crippen LogP contribution in [0.2, 0.25) is 0 Å². The molecule has 1 aromatic carbocycles. The monoisotopic (exact) mass is 394 g/mol. The van der Waals surface area contributed by atoms with E-state index in [1.807, 2.05) is 23.1 Å². The van der Waals surface area contributed by atoms with Crippen molar-refractivity contribution in [2.75, 3.05) is 26.3 Å². The van der Waals surface area contributed by atoms with Crippen molar-refractivity contribution in [1.82, 2.24) is 10.2 Å². The maximum Gasteiger partial charge on any atom is 0.217 e. The quantitative estimate of drug-likeness (QED) is 0.412. The van der Waals surface area contributed by atoms with Gasteiger partial charge >= 0.3 is 0 Å². The van der Waals surface area contributed by atoms with E-state index in [1.165, 1.54) is 12.5 Å². The van der Waals surface area contributed by atoms with Gasteiger partial charge in [-0.25, -0.2) is 0 Å². The largest absolute Gasteiger partial charge is 0.395 e. The number of amides is 1. The second kappa shape index (κ2) is 12.1. The third kappa shape index (κ3) is 7.14. The number of unbranched alkanes of at least 4 members (excludes halogenated alkanes) is 3. The van der Waals surface area contributed by atoms with Crippen molar-refractivity contribution in [3.8, 4) is 0 Å². The molecular weight excluding hydrogens is 360 g/mol. The van der Waals surface area contributed by atoms with Gasteiger partial charge in [-0.2, -0.15) is 0 Å². The molecule has 2 rings (SSSR count). The van der Waals surface area contributed by atoms with Crippen LogP contribution in [0.25, 0.3) is 0 Å². The molecule has 1 heterocycles. The van der Waals surface area contributed by atoms with E-state index in [1.54, 1.807) is 0 Å². The molecule has 1 amide bonds. The molecule has 0 spiro atoms. The number of nitrogens with one attached hydrogen (secondary N) is 1. The number of hydrogen-bond acceptors (Lipinski definition) is 6. The number of ether oxygens (including phenoxy) is 1. The van der Waals surface area contributed by atoms with Crippen LogP contribution in [-0.4, -0.2) is 76.7 Å². The van der Waals surface area contributed by atoms with E-state index in [-0.39, 0.29) is 12.5 Å². The third-order valence-corrected chi connectivity index (χ3v) is 5.23. The standard InChI is InChI=1S/C21H34N2O5/c1-16(25)22-18-13-23(19(14-24)21(27)20(18)26)11-7-2-3-8-12-28-15-17-9-5-4-6-10-17/h4-6,9-10,18-21,24,26-27H,2-3,7-8,11-15H2,1H3,(H,22,25)/t18-,19-,20+,21-/m0/s1. The van der Waals surface area contributed by atoms with Crippen molar-refractivity contribution in [3.05, 3.63) is 35.9 Å². The topological polar surface area (TPSA) is 102 Å². The summed E-state index contributed by atoms with van der Waals surface area (Å²) in [5.74, 6) is -0.242. The van der Waals surface area contributed by atoms with Crippen LogP contribution in [0, 0.1) is 0 Å². The number of carbonyl (C=O) groups is 1. The first-order valence-electron chi connectivity index (χ1n) is 10.1. The molecule has 158 valence electrons. The minimum absolute atomic E-state index is 0.224. The van der Waals surface area contributed by atoms with Crippen LogP contribution in [0.4, 0.5) is 0 Å². The van der Waals surface area contributed by atoms with E-state index in [0.717, 1.165) is 32.3 Å². The van der Waals surface area contributed by atoms with Crippen LogP contribution in [-0.2, 0) is 16.1 Å². The van der Waals surface area contributed by atoms with Crippen molar-refractivity contribution in [2.24, 2.45) is 0 Å². The minimum atomic E-state index is -1.08. The summed E-state index contributed by atoms with van der Waals surface area (Å²) < 4.78 is 5.68. The van der Waals surface area contributed by atoms with E-state index < -0.39 is 24.3 Å². The second-order valence-corrected chi connectivity index (χ2v) is 7.49. The molecule has 0 saturated carbocycles. The number of rotatable bonds is 11. The normalized spacial score (nSPS) is 25.6. The molecule has 28 heavy (non-hydrogen) atoms. The molecular formula is C21H34N2O5. The van der Waals surface area contributed by atoms with E-state index in [9.17, 15) is 20.1 Å². The smallest absolute Gasteiger partial charge is 0.217 e. The summed E-state index contributed by atoms with van der Waals surface area (Å²) in [6.45, 7) is 3.66. The molecule has 1 aliphatic heterocycles. The highest BCUT2D eigenvalue weighted by molar-refractivity contribution is 5.73. The number of piperidine rings is 1. The summed E-state index contributed by atoms with van der Waals surface area (Å²) in [6, 6.07) is 9.07. The average Bonchev–Trinajstić information content (AvgIpc) is 2.68. The van der Waals surface area contributed by atoms with Crippen molar-refractivity contribution in [2.45, 2.75) is 63.5 Å². The van der Waals surface area contributed by atoms with Gasteiger partial charge in [0.1, 0.15) is 6.10 Å². The molecule has 1 aromatic rings. The Balaban J connectivity index is 1.63. The zero-order valence-corrected chi connectivity index (χ0v) is 16.7. The number of benzene rings is 1. The summed E-state index contributed by atoms with van der Waals surface area (Å²) in [7, 11) is 0. The molecule has 0 aliphatic carbocycles. The van der Waals surface area contributed by atoms with Gasteiger partial charge < -0.3 is 25.4 Å². The molecule has 7 nitrogen and oxygen atoms in total. The number of aliphatic hydroxyl groups excluding tert-OH is 3. The molecule has 0 bridgehead atoms. The van der Waals surface area contributed by atoms with Crippen LogP contribution in [0.1, 0.15) is 38.2 Å².